The highest BCUT2D eigenvalue weighted by molar-refractivity contribution is 5.13. The molecule has 1 aromatic rings. The van der Waals surface area contributed by atoms with E-state index in [0.29, 0.717) is 6.61 Å². The molecule has 4 nitrogen and oxygen atoms in total. The van der Waals surface area contributed by atoms with Gasteiger partial charge in [-0.25, -0.2) is 0 Å². The molecule has 2 rings (SSSR count). The molecule has 0 spiro atoms. The molecular weight excluding hydrogens is 220 g/mol. The van der Waals surface area contributed by atoms with E-state index in [1.807, 2.05) is 37.3 Å². The normalized spacial score (nSPS) is 32.9. The van der Waals surface area contributed by atoms with Crippen molar-refractivity contribution >= 4 is 0 Å². The molecule has 0 radical (unpaired) electrons. The number of aliphatic hydroxyl groups excluding tert-OH is 1. The predicted octanol–water partition coefficient (Wildman–Crippen LogP) is 1.32. The van der Waals surface area contributed by atoms with Gasteiger partial charge in [0.15, 0.2) is 6.29 Å². The molecule has 1 aromatic carbocycles. The van der Waals surface area contributed by atoms with Crippen molar-refractivity contribution in [3.63, 3.8) is 0 Å². The van der Waals surface area contributed by atoms with Crippen molar-refractivity contribution in [3.05, 3.63) is 35.9 Å². The van der Waals surface area contributed by atoms with E-state index in [4.69, 9.17) is 14.2 Å². The summed E-state index contributed by atoms with van der Waals surface area (Å²) in [4.78, 5) is 0. The second-order valence-electron chi connectivity index (χ2n) is 4.20. The monoisotopic (exact) mass is 238 g/mol. The molecule has 1 aliphatic rings. The van der Waals surface area contributed by atoms with Crippen LogP contribution in [0, 0.1) is 0 Å². The molecule has 1 N–H and O–H groups in total. The second-order valence-corrected chi connectivity index (χ2v) is 4.20. The zero-order valence-corrected chi connectivity index (χ0v) is 10.1. The lowest BCUT2D eigenvalue weighted by molar-refractivity contribution is -0.146. The van der Waals surface area contributed by atoms with E-state index in [1.54, 1.807) is 0 Å². The molecule has 0 aliphatic carbocycles. The molecule has 1 heterocycles. The number of rotatable bonds is 4. The Morgan fingerprint density at radius 3 is 2.59 bits per heavy atom. The third-order valence-corrected chi connectivity index (χ3v) is 2.94. The van der Waals surface area contributed by atoms with E-state index in [2.05, 4.69) is 0 Å². The highest BCUT2D eigenvalue weighted by atomic mass is 16.7. The minimum atomic E-state index is -0.737. The average molecular weight is 238 g/mol. The van der Waals surface area contributed by atoms with Crippen LogP contribution in [0.3, 0.4) is 0 Å². The molecule has 0 bridgehead atoms. The maximum atomic E-state index is 9.92. The number of hydrogen-bond acceptors (Lipinski definition) is 4. The second kappa shape index (κ2) is 5.60. The van der Waals surface area contributed by atoms with E-state index in [1.165, 1.54) is 7.11 Å². The molecule has 0 amide bonds. The summed E-state index contributed by atoms with van der Waals surface area (Å²) in [6.45, 7) is 2.34. The zero-order valence-electron chi connectivity index (χ0n) is 10.1. The predicted molar refractivity (Wildman–Crippen MR) is 62.4 cm³/mol. The van der Waals surface area contributed by atoms with Crippen molar-refractivity contribution < 1.29 is 19.3 Å². The van der Waals surface area contributed by atoms with Crippen LogP contribution in [0.4, 0.5) is 0 Å². The Balaban J connectivity index is 1.91. The highest BCUT2D eigenvalue weighted by Crippen LogP contribution is 2.24. The van der Waals surface area contributed by atoms with Crippen LogP contribution in [0.15, 0.2) is 30.3 Å². The SMILES string of the molecule is COC1OC(C)C(OCc2ccccc2)C1O. The number of methoxy groups -OCH3 is 1. The highest BCUT2D eigenvalue weighted by Gasteiger charge is 2.42. The van der Waals surface area contributed by atoms with Crippen LogP contribution in [-0.4, -0.2) is 36.8 Å². The van der Waals surface area contributed by atoms with Gasteiger partial charge in [-0.3, -0.25) is 0 Å². The molecule has 4 unspecified atom stereocenters. The quantitative estimate of drug-likeness (QED) is 0.859. The van der Waals surface area contributed by atoms with Crippen molar-refractivity contribution in [1.82, 2.24) is 0 Å². The minimum Gasteiger partial charge on any atom is -0.385 e. The first kappa shape index (κ1) is 12.5. The summed E-state index contributed by atoms with van der Waals surface area (Å²) >= 11 is 0. The molecule has 94 valence electrons. The van der Waals surface area contributed by atoms with Gasteiger partial charge in [0.2, 0.25) is 0 Å². The van der Waals surface area contributed by atoms with Crippen molar-refractivity contribution in [2.45, 2.75) is 38.1 Å². The van der Waals surface area contributed by atoms with Gasteiger partial charge in [-0.05, 0) is 12.5 Å². The van der Waals surface area contributed by atoms with Crippen LogP contribution >= 0.6 is 0 Å². The summed E-state index contributed by atoms with van der Waals surface area (Å²) in [6, 6.07) is 9.85. The summed E-state index contributed by atoms with van der Waals surface area (Å²) in [5.74, 6) is 0. The lowest BCUT2D eigenvalue weighted by Crippen LogP contribution is -2.34. The molecule has 1 fully saturated rings. The Kier molecular flexibility index (Phi) is 4.12. The van der Waals surface area contributed by atoms with Gasteiger partial charge < -0.3 is 19.3 Å². The standard InChI is InChI=1S/C13H18O4/c1-9-12(11(14)13(15-2)17-9)16-8-10-6-4-3-5-7-10/h3-7,9,11-14H,8H2,1-2H3. The maximum absolute atomic E-state index is 9.92. The van der Waals surface area contributed by atoms with Crippen LogP contribution in [0.5, 0.6) is 0 Å². The fourth-order valence-electron chi connectivity index (χ4n) is 2.00. The van der Waals surface area contributed by atoms with Gasteiger partial charge in [0.1, 0.15) is 12.2 Å². The zero-order chi connectivity index (χ0) is 12.3. The largest absolute Gasteiger partial charge is 0.385 e. The third kappa shape index (κ3) is 2.84. The van der Waals surface area contributed by atoms with E-state index in [9.17, 15) is 5.11 Å². The topological polar surface area (TPSA) is 47.9 Å². The summed E-state index contributed by atoms with van der Waals surface area (Å²) in [5, 5.41) is 9.92. The maximum Gasteiger partial charge on any atom is 0.186 e. The van der Waals surface area contributed by atoms with E-state index in [0.717, 1.165) is 5.56 Å². The van der Waals surface area contributed by atoms with E-state index >= 15 is 0 Å². The van der Waals surface area contributed by atoms with E-state index < -0.39 is 12.4 Å². The Hall–Kier alpha value is -0.940. The van der Waals surface area contributed by atoms with Gasteiger partial charge in [-0.1, -0.05) is 30.3 Å². The molecule has 0 saturated carbocycles. The Morgan fingerprint density at radius 2 is 2.00 bits per heavy atom. The van der Waals surface area contributed by atoms with Crippen molar-refractivity contribution in [3.8, 4) is 0 Å². The summed E-state index contributed by atoms with van der Waals surface area (Å²) in [6.07, 6.45) is -1.84. The summed E-state index contributed by atoms with van der Waals surface area (Å²) in [5.41, 5.74) is 1.08. The van der Waals surface area contributed by atoms with Gasteiger partial charge in [0.05, 0.1) is 12.7 Å². The molecular formula is C13H18O4. The molecule has 0 aromatic heterocycles. The Labute approximate surface area is 101 Å². The lowest BCUT2D eigenvalue weighted by Gasteiger charge is -2.18. The summed E-state index contributed by atoms with van der Waals surface area (Å²) in [7, 11) is 1.51. The Morgan fingerprint density at radius 1 is 1.29 bits per heavy atom. The molecule has 4 heteroatoms. The first-order chi connectivity index (χ1) is 8.22. The molecule has 17 heavy (non-hydrogen) atoms. The number of ether oxygens (including phenoxy) is 3. The average Bonchev–Trinajstić information content (AvgIpc) is 2.63. The van der Waals surface area contributed by atoms with Crippen LogP contribution < -0.4 is 0 Å². The van der Waals surface area contributed by atoms with Gasteiger partial charge in [0, 0.05) is 7.11 Å². The lowest BCUT2D eigenvalue weighted by atomic mass is 10.1. The molecule has 4 atom stereocenters. The fourth-order valence-corrected chi connectivity index (χ4v) is 2.00. The number of benzene rings is 1. The van der Waals surface area contributed by atoms with Crippen LogP contribution in [0.2, 0.25) is 0 Å². The third-order valence-electron chi connectivity index (χ3n) is 2.94. The van der Waals surface area contributed by atoms with Gasteiger partial charge >= 0.3 is 0 Å². The molecule has 1 aliphatic heterocycles. The summed E-state index contributed by atoms with van der Waals surface area (Å²) < 4.78 is 16.1. The Bertz CT molecular complexity index is 341. The van der Waals surface area contributed by atoms with Crippen molar-refractivity contribution in [2.75, 3.05) is 7.11 Å². The fraction of sp³-hybridized carbons (Fsp3) is 0.538. The minimum absolute atomic E-state index is 0.168. The number of hydrogen-bond donors (Lipinski definition) is 1. The van der Waals surface area contributed by atoms with Crippen LogP contribution in [0.25, 0.3) is 0 Å². The van der Waals surface area contributed by atoms with Gasteiger partial charge in [0.25, 0.3) is 0 Å². The van der Waals surface area contributed by atoms with Crippen LogP contribution in [-0.2, 0) is 20.8 Å². The first-order valence-electron chi connectivity index (χ1n) is 5.74. The molecule has 1 saturated heterocycles. The van der Waals surface area contributed by atoms with E-state index in [-0.39, 0.29) is 12.2 Å². The van der Waals surface area contributed by atoms with Gasteiger partial charge in [-0.2, -0.15) is 0 Å². The van der Waals surface area contributed by atoms with Crippen molar-refractivity contribution in [1.29, 1.82) is 0 Å². The van der Waals surface area contributed by atoms with Gasteiger partial charge in [-0.15, -0.1) is 0 Å². The van der Waals surface area contributed by atoms with Crippen LogP contribution in [0.1, 0.15) is 12.5 Å². The van der Waals surface area contributed by atoms with Crippen molar-refractivity contribution in [2.24, 2.45) is 0 Å². The first-order valence-corrected chi connectivity index (χ1v) is 5.74. The smallest absolute Gasteiger partial charge is 0.186 e. The number of aliphatic hydroxyl groups is 1.